The number of hydrogen-bond donors (Lipinski definition) is 0. The van der Waals surface area contributed by atoms with Gasteiger partial charge in [-0.25, -0.2) is 0 Å². The summed E-state index contributed by atoms with van der Waals surface area (Å²) in [6.07, 6.45) is 6.16. The lowest BCUT2D eigenvalue weighted by Crippen LogP contribution is -2.27. The van der Waals surface area contributed by atoms with Gasteiger partial charge >= 0.3 is 0 Å². The Kier molecular flexibility index (Phi) is 2.10. The van der Waals surface area contributed by atoms with Gasteiger partial charge in [0.25, 0.3) is 0 Å². The molecule has 2 atom stereocenters. The molecule has 0 aromatic heterocycles. The molecule has 0 heterocycles. The smallest absolute Gasteiger partial charge is 0.0349 e. The summed E-state index contributed by atoms with van der Waals surface area (Å²) in [5.74, 6) is 2.16. The molecule has 25 heavy (non-hydrogen) atoms. The van der Waals surface area contributed by atoms with Crippen molar-refractivity contribution >= 4 is 0 Å². The normalized spacial score (nSPS) is 28.5. The predicted molar refractivity (Wildman–Crippen MR) is 100 cm³/mol. The second-order valence-corrected chi connectivity index (χ2v) is 8.07. The van der Waals surface area contributed by atoms with Crippen molar-refractivity contribution in [2.24, 2.45) is 0 Å². The average molecular weight is 318 g/mol. The molecule has 3 aromatic carbocycles. The first-order valence-corrected chi connectivity index (χ1v) is 9.44. The van der Waals surface area contributed by atoms with Crippen molar-refractivity contribution in [2.45, 2.75) is 30.1 Å². The molecule has 118 valence electrons. The predicted octanol–water partition coefficient (Wildman–Crippen LogP) is 5.81. The molecule has 0 saturated carbocycles. The Morgan fingerprint density at radius 1 is 0.480 bits per heavy atom. The molecular formula is C25H18. The van der Waals surface area contributed by atoms with Gasteiger partial charge in [-0.1, -0.05) is 72.8 Å². The summed E-state index contributed by atoms with van der Waals surface area (Å²) in [4.78, 5) is 0. The van der Waals surface area contributed by atoms with E-state index in [4.69, 9.17) is 0 Å². The number of hydrogen-bond acceptors (Lipinski definition) is 0. The molecule has 0 unspecified atom stereocenters. The lowest BCUT2D eigenvalue weighted by molar-refractivity contribution is 0.750. The molecular weight excluding hydrogens is 300 g/mol. The molecule has 0 spiro atoms. The molecule has 0 aliphatic heterocycles. The molecule has 0 radical (unpaired) electrons. The first kappa shape index (κ1) is 12.7. The van der Waals surface area contributed by atoms with E-state index < -0.39 is 0 Å². The molecule has 0 saturated heterocycles. The molecule has 4 bridgehead atoms. The van der Waals surface area contributed by atoms with Gasteiger partial charge in [-0.3, -0.25) is 0 Å². The van der Waals surface area contributed by atoms with Gasteiger partial charge in [0.1, 0.15) is 0 Å². The number of allylic oxidation sites excluding steroid dienone is 2. The van der Waals surface area contributed by atoms with E-state index in [0.717, 1.165) is 0 Å². The highest BCUT2D eigenvalue weighted by molar-refractivity contribution is 5.70. The molecule has 0 amide bonds. The zero-order valence-corrected chi connectivity index (χ0v) is 13.9. The van der Waals surface area contributed by atoms with Crippen molar-refractivity contribution in [1.29, 1.82) is 0 Å². The summed E-state index contributed by atoms with van der Waals surface area (Å²) in [6.45, 7) is 0. The van der Waals surface area contributed by atoms with Crippen LogP contribution in [0.4, 0.5) is 0 Å². The summed E-state index contributed by atoms with van der Waals surface area (Å²) >= 11 is 0. The van der Waals surface area contributed by atoms with Gasteiger partial charge < -0.3 is 0 Å². The maximum atomic E-state index is 2.57. The van der Waals surface area contributed by atoms with Crippen LogP contribution in [0.2, 0.25) is 0 Å². The van der Waals surface area contributed by atoms with E-state index >= 15 is 0 Å². The third-order valence-corrected chi connectivity index (χ3v) is 7.03. The minimum Gasteiger partial charge on any atom is -0.0804 e. The second-order valence-electron chi connectivity index (χ2n) is 8.07. The number of fused-ring (bicyclic) bond motifs is 5. The van der Waals surface area contributed by atoms with Crippen LogP contribution in [0.25, 0.3) is 0 Å². The fraction of sp³-hybridized carbons (Fsp3) is 0.200. The van der Waals surface area contributed by atoms with Crippen LogP contribution in [0.15, 0.2) is 72.8 Å². The Labute approximate surface area is 147 Å². The van der Waals surface area contributed by atoms with Gasteiger partial charge in [0.15, 0.2) is 0 Å². The monoisotopic (exact) mass is 318 g/mol. The molecule has 3 aromatic rings. The maximum absolute atomic E-state index is 2.57. The van der Waals surface area contributed by atoms with Crippen molar-refractivity contribution in [3.8, 4) is 0 Å². The van der Waals surface area contributed by atoms with Crippen LogP contribution >= 0.6 is 0 Å². The third kappa shape index (κ3) is 1.38. The topological polar surface area (TPSA) is 0 Å². The van der Waals surface area contributed by atoms with Crippen LogP contribution in [0.5, 0.6) is 0 Å². The van der Waals surface area contributed by atoms with E-state index in [9.17, 15) is 0 Å². The van der Waals surface area contributed by atoms with Crippen LogP contribution in [-0.2, 0) is 0 Å². The third-order valence-electron chi connectivity index (χ3n) is 7.03. The fourth-order valence-electron chi connectivity index (χ4n) is 6.05. The minimum atomic E-state index is 0.417. The Morgan fingerprint density at radius 2 is 0.880 bits per heavy atom. The van der Waals surface area contributed by atoms with Gasteiger partial charge in [0.05, 0.1) is 0 Å². The van der Waals surface area contributed by atoms with Crippen LogP contribution in [-0.4, -0.2) is 0 Å². The summed E-state index contributed by atoms with van der Waals surface area (Å²) in [6, 6.07) is 23.4. The van der Waals surface area contributed by atoms with E-state index in [0.29, 0.717) is 23.7 Å². The van der Waals surface area contributed by atoms with E-state index in [1.54, 1.807) is 22.3 Å². The van der Waals surface area contributed by atoms with E-state index in [2.05, 4.69) is 72.8 Å². The highest BCUT2D eigenvalue weighted by Gasteiger charge is 2.43. The molecule has 0 N–H and O–H groups in total. The van der Waals surface area contributed by atoms with Gasteiger partial charge in [0.2, 0.25) is 0 Å². The molecule has 5 aliphatic rings. The lowest BCUT2D eigenvalue weighted by Gasteiger charge is -2.42. The van der Waals surface area contributed by atoms with Crippen molar-refractivity contribution in [2.75, 3.05) is 0 Å². The first-order valence-electron chi connectivity index (χ1n) is 9.44. The quantitative estimate of drug-likeness (QED) is 0.316. The van der Waals surface area contributed by atoms with Crippen LogP contribution < -0.4 is 0 Å². The largest absolute Gasteiger partial charge is 0.0804 e. The molecule has 5 aliphatic carbocycles. The Balaban J connectivity index is 1.58. The highest BCUT2D eigenvalue weighted by Crippen LogP contribution is 2.58. The zero-order valence-electron chi connectivity index (χ0n) is 13.9. The van der Waals surface area contributed by atoms with E-state index in [-0.39, 0.29) is 0 Å². The first-order chi connectivity index (χ1) is 12.4. The molecule has 0 fully saturated rings. The van der Waals surface area contributed by atoms with Crippen molar-refractivity contribution in [1.82, 2.24) is 0 Å². The van der Waals surface area contributed by atoms with Gasteiger partial charge in [-0.05, 0) is 50.9 Å². The van der Waals surface area contributed by atoms with E-state index in [1.165, 1.54) is 28.7 Å². The lowest BCUT2D eigenvalue weighted by atomic mass is 9.60. The molecule has 0 heteroatoms. The van der Waals surface area contributed by atoms with Crippen molar-refractivity contribution < 1.29 is 0 Å². The molecule has 8 rings (SSSR count). The Morgan fingerprint density at radius 3 is 1.28 bits per heavy atom. The summed E-state index contributed by atoms with van der Waals surface area (Å²) < 4.78 is 0. The number of benzene rings is 3. The van der Waals surface area contributed by atoms with Crippen molar-refractivity contribution in [3.63, 3.8) is 0 Å². The van der Waals surface area contributed by atoms with Gasteiger partial charge in [0, 0.05) is 23.7 Å². The SMILES string of the molecule is C1=C[C@H]2C[C@@H]1c1cc3c(cc12)C1c2ccccc2C3c2ccccc21. The van der Waals surface area contributed by atoms with Crippen LogP contribution in [0, 0.1) is 0 Å². The van der Waals surface area contributed by atoms with Crippen LogP contribution in [0.1, 0.15) is 74.6 Å². The van der Waals surface area contributed by atoms with Gasteiger partial charge in [-0.15, -0.1) is 0 Å². The number of rotatable bonds is 0. The Bertz CT molecular complexity index is 968. The van der Waals surface area contributed by atoms with E-state index in [1.807, 2.05) is 0 Å². The standard InChI is InChI=1S/C25H18/c1-2-6-17-16(5-1)24-18-7-3-4-8-19(18)25(17)23-13-21-15-10-9-14(11-15)20(21)12-22(23)24/h1-10,12-15,24-25H,11H2/t14-,15+,24?,25?. The minimum absolute atomic E-state index is 0.417. The van der Waals surface area contributed by atoms with Crippen molar-refractivity contribution in [3.05, 3.63) is 117 Å². The van der Waals surface area contributed by atoms with Gasteiger partial charge in [-0.2, -0.15) is 0 Å². The summed E-state index contributed by atoms with van der Waals surface area (Å²) in [7, 11) is 0. The summed E-state index contributed by atoms with van der Waals surface area (Å²) in [5.41, 5.74) is 12.5. The second kappa shape index (κ2) is 4.14. The fourth-order valence-corrected chi connectivity index (χ4v) is 6.05. The zero-order chi connectivity index (χ0) is 16.1. The summed E-state index contributed by atoms with van der Waals surface area (Å²) in [5, 5.41) is 0. The average Bonchev–Trinajstić information content (AvgIpc) is 3.28. The highest BCUT2D eigenvalue weighted by atomic mass is 14.5. The Hall–Kier alpha value is -2.60. The maximum Gasteiger partial charge on any atom is 0.0349 e. The molecule has 0 nitrogen and oxygen atoms in total. The van der Waals surface area contributed by atoms with Crippen LogP contribution in [0.3, 0.4) is 0 Å².